The highest BCUT2D eigenvalue weighted by Gasteiger charge is 2.34. The third-order valence-corrected chi connectivity index (χ3v) is 3.41. The lowest BCUT2D eigenvalue weighted by Crippen LogP contribution is -2.40. The number of rotatable bonds is 3. The van der Waals surface area contributed by atoms with E-state index in [1.54, 1.807) is 0 Å². The zero-order chi connectivity index (χ0) is 11.5. The van der Waals surface area contributed by atoms with Crippen LogP contribution in [0.5, 0.6) is 0 Å². The van der Waals surface area contributed by atoms with Gasteiger partial charge in [0.1, 0.15) is 6.04 Å². The number of likely N-dealkylation sites (tertiary alicyclic amines) is 1. The minimum Gasteiger partial charge on any atom is -0.480 e. The Labute approximate surface area is 94.9 Å². The van der Waals surface area contributed by atoms with Crippen molar-refractivity contribution in [2.24, 2.45) is 5.92 Å². The van der Waals surface area contributed by atoms with E-state index in [0.29, 0.717) is 25.3 Å². The molecule has 0 saturated carbocycles. The lowest BCUT2D eigenvalue weighted by Gasteiger charge is -2.22. The number of amides is 1. The summed E-state index contributed by atoms with van der Waals surface area (Å²) in [5.41, 5.74) is 0. The molecular weight excluding hydrogens is 206 g/mol. The number of nitrogens with zero attached hydrogens (tertiary/aromatic N) is 1. The average Bonchev–Trinajstić information content (AvgIpc) is 2.86. The molecule has 1 unspecified atom stereocenters. The molecule has 1 fully saturated rings. The number of hydrogen-bond acceptors (Lipinski definition) is 2. The van der Waals surface area contributed by atoms with Crippen LogP contribution in [0.1, 0.15) is 32.1 Å². The van der Waals surface area contributed by atoms with Crippen molar-refractivity contribution in [2.75, 3.05) is 6.54 Å². The molecule has 1 heterocycles. The lowest BCUT2D eigenvalue weighted by atomic mass is 10.0. The van der Waals surface area contributed by atoms with Gasteiger partial charge in [0.2, 0.25) is 5.91 Å². The maximum absolute atomic E-state index is 11.9. The van der Waals surface area contributed by atoms with E-state index >= 15 is 0 Å². The Morgan fingerprint density at radius 3 is 2.81 bits per heavy atom. The highest BCUT2D eigenvalue weighted by molar-refractivity contribution is 5.84. The van der Waals surface area contributed by atoms with Crippen LogP contribution in [0.15, 0.2) is 12.2 Å². The van der Waals surface area contributed by atoms with Gasteiger partial charge in [-0.3, -0.25) is 4.79 Å². The maximum atomic E-state index is 11.9. The van der Waals surface area contributed by atoms with E-state index in [1.807, 2.05) is 0 Å². The molecule has 4 heteroatoms. The highest BCUT2D eigenvalue weighted by atomic mass is 16.4. The van der Waals surface area contributed by atoms with Crippen LogP contribution in [0.3, 0.4) is 0 Å². The number of carboxylic acid groups (broad SMARTS) is 1. The van der Waals surface area contributed by atoms with Crippen molar-refractivity contribution in [1.29, 1.82) is 0 Å². The summed E-state index contributed by atoms with van der Waals surface area (Å²) in [5, 5.41) is 8.99. The maximum Gasteiger partial charge on any atom is 0.326 e. The summed E-state index contributed by atoms with van der Waals surface area (Å²) in [6.07, 6.45) is 8.11. The second-order valence-corrected chi connectivity index (χ2v) is 4.55. The number of allylic oxidation sites excluding steroid dienone is 2. The van der Waals surface area contributed by atoms with Crippen molar-refractivity contribution >= 4 is 11.9 Å². The van der Waals surface area contributed by atoms with Crippen LogP contribution in [0.4, 0.5) is 0 Å². The van der Waals surface area contributed by atoms with Gasteiger partial charge in [-0.2, -0.15) is 0 Å². The summed E-state index contributed by atoms with van der Waals surface area (Å²) < 4.78 is 0. The Bertz CT molecular complexity index is 324. The molecule has 0 bridgehead atoms. The first-order chi connectivity index (χ1) is 7.68. The van der Waals surface area contributed by atoms with Crippen LogP contribution in [-0.4, -0.2) is 34.5 Å². The van der Waals surface area contributed by atoms with Crippen molar-refractivity contribution < 1.29 is 14.7 Å². The molecule has 0 spiro atoms. The predicted octanol–water partition coefficient (Wildman–Crippen LogP) is 1.42. The molecule has 0 aromatic carbocycles. The molecule has 1 aliphatic heterocycles. The van der Waals surface area contributed by atoms with E-state index in [1.165, 1.54) is 4.90 Å². The number of carboxylic acids is 1. The van der Waals surface area contributed by atoms with Crippen LogP contribution >= 0.6 is 0 Å². The SMILES string of the molecule is O=C(O)[C@@H]1CCCN1C(=O)CC1C=CCC1. The summed E-state index contributed by atoms with van der Waals surface area (Å²) in [7, 11) is 0. The Balaban J connectivity index is 1.92. The molecular formula is C12H17NO3. The van der Waals surface area contributed by atoms with E-state index in [0.717, 1.165) is 19.3 Å². The van der Waals surface area contributed by atoms with Gasteiger partial charge in [0.25, 0.3) is 0 Å². The largest absolute Gasteiger partial charge is 0.480 e. The quantitative estimate of drug-likeness (QED) is 0.736. The zero-order valence-corrected chi connectivity index (χ0v) is 9.26. The molecule has 1 N–H and O–H groups in total. The van der Waals surface area contributed by atoms with Gasteiger partial charge in [0, 0.05) is 13.0 Å². The number of carbonyl (C=O) groups excluding carboxylic acids is 1. The molecule has 1 aliphatic carbocycles. The third-order valence-electron chi connectivity index (χ3n) is 3.41. The smallest absolute Gasteiger partial charge is 0.326 e. The normalized spacial score (nSPS) is 28.6. The fourth-order valence-corrected chi connectivity index (χ4v) is 2.53. The number of aliphatic carboxylic acids is 1. The van der Waals surface area contributed by atoms with Crippen LogP contribution in [0, 0.1) is 5.92 Å². The molecule has 0 aromatic rings. The van der Waals surface area contributed by atoms with Gasteiger partial charge < -0.3 is 10.0 Å². The Kier molecular flexibility index (Phi) is 3.27. The second-order valence-electron chi connectivity index (χ2n) is 4.55. The van der Waals surface area contributed by atoms with Crippen molar-refractivity contribution in [3.63, 3.8) is 0 Å². The molecule has 2 atom stereocenters. The van der Waals surface area contributed by atoms with Crippen molar-refractivity contribution in [3.05, 3.63) is 12.2 Å². The Morgan fingerprint density at radius 1 is 1.38 bits per heavy atom. The van der Waals surface area contributed by atoms with E-state index in [-0.39, 0.29) is 5.91 Å². The summed E-state index contributed by atoms with van der Waals surface area (Å²) in [6, 6.07) is -0.585. The fourth-order valence-electron chi connectivity index (χ4n) is 2.53. The van der Waals surface area contributed by atoms with E-state index in [9.17, 15) is 9.59 Å². The minimum atomic E-state index is -0.868. The van der Waals surface area contributed by atoms with Gasteiger partial charge in [-0.25, -0.2) is 4.79 Å². The molecule has 0 aromatic heterocycles. The van der Waals surface area contributed by atoms with Crippen LogP contribution < -0.4 is 0 Å². The van der Waals surface area contributed by atoms with E-state index in [2.05, 4.69) is 12.2 Å². The molecule has 2 aliphatic rings. The second kappa shape index (κ2) is 4.68. The van der Waals surface area contributed by atoms with Crippen molar-refractivity contribution in [1.82, 2.24) is 4.90 Å². The monoisotopic (exact) mass is 223 g/mol. The van der Waals surface area contributed by atoms with Crippen LogP contribution in [-0.2, 0) is 9.59 Å². The highest BCUT2D eigenvalue weighted by Crippen LogP contribution is 2.24. The van der Waals surface area contributed by atoms with Crippen LogP contribution in [0.25, 0.3) is 0 Å². The standard InChI is InChI=1S/C12H17NO3/c14-11(8-9-4-1-2-5-9)13-7-3-6-10(13)12(15)16/h1,4,9-10H,2-3,5-8H2,(H,15,16)/t9?,10-/m0/s1. The number of hydrogen-bond donors (Lipinski definition) is 1. The van der Waals surface area contributed by atoms with Crippen molar-refractivity contribution in [2.45, 2.75) is 38.1 Å². The van der Waals surface area contributed by atoms with E-state index < -0.39 is 12.0 Å². The molecule has 88 valence electrons. The van der Waals surface area contributed by atoms with Gasteiger partial charge in [-0.1, -0.05) is 12.2 Å². The topological polar surface area (TPSA) is 57.6 Å². The minimum absolute atomic E-state index is 0.00134. The first-order valence-corrected chi connectivity index (χ1v) is 5.87. The van der Waals surface area contributed by atoms with Crippen LogP contribution in [0.2, 0.25) is 0 Å². The van der Waals surface area contributed by atoms with Crippen molar-refractivity contribution in [3.8, 4) is 0 Å². The summed E-state index contributed by atoms with van der Waals surface area (Å²) in [5.74, 6) is -0.545. The molecule has 4 nitrogen and oxygen atoms in total. The summed E-state index contributed by atoms with van der Waals surface area (Å²) >= 11 is 0. The fraction of sp³-hybridized carbons (Fsp3) is 0.667. The zero-order valence-electron chi connectivity index (χ0n) is 9.26. The first-order valence-electron chi connectivity index (χ1n) is 5.87. The molecule has 2 rings (SSSR count). The average molecular weight is 223 g/mol. The lowest BCUT2D eigenvalue weighted by molar-refractivity contribution is -0.148. The Morgan fingerprint density at radius 2 is 2.19 bits per heavy atom. The molecule has 1 amide bonds. The summed E-state index contributed by atoms with van der Waals surface area (Å²) in [6.45, 7) is 0.603. The molecule has 0 radical (unpaired) electrons. The number of carbonyl (C=O) groups is 2. The first kappa shape index (κ1) is 11.2. The van der Waals surface area contributed by atoms with Gasteiger partial charge in [-0.15, -0.1) is 0 Å². The summed E-state index contributed by atoms with van der Waals surface area (Å²) in [4.78, 5) is 24.4. The predicted molar refractivity (Wildman–Crippen MR) is 58.9 cm³/mol. The van der Waals surface area contributed by atoms with E-state index in [4.69, 9.17) is 5.11 Å². The molecule has 1 saturated heterocycles. The van der Waals surface area contributed by atoms with Gasteiger partial charge in [0.05, 0.1) is 0 Å². The van der Waals surface area contributed by atoms with Gasteiger partial charge >= 0.3 is 5.97 Å². The Hall–Kier alpha value is -1.32. The third kappa shape index (κ3) is 2.26. The molecule has 16 heavy (non-hydrogen) atoms. The van der Waals surface area contributed by atoms with Gasteiger partial charge in [0.15, 0.2) is 0 Å². The van der Waals surface area contributed by atoms with Gasteiger partial charge in [-0.05, 0) is 31.6 Å².